The Balaban J connectivity index is 1.76. The summed E-state index contributed by atoms with van der Waals surface area (Å²) in [4.78, 5) is 25.0. The summed E-state index contributed by atoms with van der Waals surface area (Å²) in [5, 5.41) is 5.46. The first-order valence-electron chi connectivity index (χ1n) is 9.29. The largest absolute Gasteiger partial charge is 0.495 e. The smallest absolute Gasteiger partial charge is 0.255 e. The molecule has 7 heteroatoms. The van der Waals surface area contributed by atoms with E-state index in [1.807, 2.05) is 6.92 Å². The van der Waals surface area contributed by atoms with E-state index in [0.29, 0.717) is 35.0 Å². The maximum atomic E-state index is 13.4. The molecule has 0 heterocycles. The Morgan fingerprint density at radius 2 is 1.63 bits per heavy atom. The zero-order valence-corrected chi connectivity index (χ0v) is 16.6. The molecular weight excluding hydrogens is 387 g/mol. The van der Waals surface area contributed by atoms with Crippen molar-refractivity contribution >= 4 is 23.2 Å². The van der Waals surface area contributed by atoms with Gasteiger partial charge in [0.05, 0.1) is 19.4 Å². The lowest BCUT2D eigenvalue weighted by molar-refractivity contribution is 0.101. The monoisotopic (exact) mass is 408 g/mol. The van der Waals surface area contributed by atoms with E-state index in [2.05, 4.69) is 10.6 Å². The Kier molecular flexibility index (Phi) is 6.64. The third-order valence-electron chi connectivity index (χ3n) is 4.22. The fraction of sp³-hybridized carbons (Fsp3) is 0.130. The molecule has 6 nitrogen and oxygen atoms in total. The van der Waals surface area contributed by atoms with Gasteiger partial charge in [0.2, 0.25) is 0 Å². The molecule has 0 bridgehead atoms. The van der Waals surface area contributed by atoms with Gasteiger partial charge in [-0.1, -0.05) is 6.07 Å². The Bertz CT molecular complexity index is 1050. The van der Waals surface area contributed by atoms with Crippen molar-refractivity contribution in [1.29, 1.82) is 0 Å². The lowest BCUT2D eigenvalue weighted by Crippen LogP contribution is -2.15. The summed E-state index contributed by atoms with van der Waals surface area (Å²) in [7, 11) is 1.46. The van der Waals surface area contributed by atoms with Crippen molar-refractivity contribution in [2.75, 3.05) is 24.4 Å². The van der Waals surface area contributed by atoms with Gasteiger partial charge in [-0.3, -0.25) is 9.59 Å². The molecule has 30 heavy (non-hydrogen) atoms. The summed E-state index contributed by atoms with van der Waals surface area (Å²) in [6.07, 6.45) is 0. The fourth-order valence-corrected chi connectivity index (χ4v) is 2.78. The van der Waals surface area contributed by atoms with Gasteiger partial charge in [0.1, 0.15) is 17.3 Å². The van der Waals surface area contributed by atoms with E-state index in [1.54, 1.807) is 42.5 Å². The molecule has 0 aliphatic rings. The number of amides is 2. The summed E-state index contributed by atoms with van der Waals surface area (Å²) < 4.78 is 24.0. The van der Waals surface area contributed by atoms with Crippen LogP contribution in [-0.4, -0.2) is 25.5 Å². The first kappa shape index (κ1) is 20.9. The Hall–Kier alpha value is -3.87. The van der Waals surface area contributed by atoms with Crippen LogP contribution < -0.4 is 20.1 Å². The Morgan fingerprint density at radius 1 is 0.900 bits per heavy atom. The predicted octanol–water partition coefficient (Wildman–Crippen LogP) is 4.74. The molecule has 3 rings (SSSR count). The van der Waals surface area contributed by atoms with Crippen molar-refractivity contribution in [2.45, 2.75) is 6.92 Å². The van der Waals surface area contributed by atoms with E-state index in [9.17, 15) is 14.0 Å². The van der Waals surface area contributed by atoms with E-state index >= 15 is 0 Å². The summed E-state index contributed by atoms with van der Waals surface area (Å²) in [5.74, 6) is -0.237. The quantitative estimate of drug-likeness (QED) is 0.592. The molecular formula is C23H21FN2O4. The minimum Gasteiger partial charge on any atom is -0.495 e. The molecule has 0 radical (unpaired) electrons. The van der Waals surface area contributed by atoms with E-state index in [-0.39, 0.29) is 11.5 Å². The van der Waals surface area contributed by atoms with E-state index in [1.165, 1.54) is 25.3 Å². The second-order valence-electron chi connectivity index (χ2n) is 6.29. The van der Waals surface area contributed by atoms with Gasteiger partial charge in [0.25, 0.3) is 11.8 Å². The minimum absolute atomic E-state index is 0.167. The van der Waals surface area contributed by atoms with Crippen molar-refractivity contribution in [3.8, 4) is 11.5 Å². The van der Waals surface area contributed by atoms with Gasteiger partial charge in [-0.15, -0.1) is 0 Å². The zero-order valence-electron chi connectivity index (χ0n) is 16.6. The van der Waals surface area contributed by atoms with Gasteiger partial charge < -0.3 is 20.1 Å². The molecule has 0 fully saturated rings. The number of carbonyl (C=O) groups is 2. The van der Waals surface area contributed by atoms with Crippen LogP contribution in [0.25, 0.3) is 0 Å². The first-order chi connectivity index (χ1) is 14.5. The number of rotatable bonds is 7. The van der Waals surface area contributed by atoms with E-state index < -0.39 is 11.7 Å². The first-order valence-corrected chi connectivity index (χ1v) is 9.29. The van der Waals surface area contributed by atoms with Crippen molar-refractivity contribution in [3.05, 3.63) is 83.7 Å². The van der Waals surface area contributed by atoms with Crippen LogP contribution in [-0.2, 0) is 0 Å². The number of nitrogens with one attached hydrogen (secondary N) is 2. The average molecular weight is 408 g/mol. The number of hydrogen-bond donors (Lipinski definition) is 2. The van der Waals surface area contributed by atoms with Gasteiger partial charge in [0, 0.05) is 16.8 Å². The number of carbonyl (C=O) groups excluding carboxylic acids is 2. The van der Waals surface area contributed by atoms with Crippen LogP contribution in [0.3, 0.4) is 0 Å². The van der Waals surface area contributed by atoms with Crippen LogP contribution in [0.1, 0.15) is 27.6 Å². The van der Waals surface area contributed by atoms with Gasteiger partial charge >= 0.3 is 0 Å². The number of ether oxygens (including phenoxy) is 2. The second kappa shape index (κ2) is 9.56. The highest BCUT2D eigenvalue weighted by molar-refractivity contribution is 6.07. The SMILES string of the molecule is CCOc1ccc(C(=O)Nc2ccc(OC)c(NC(=O)c3cccc(F)c3)c2)cc1. The second-order valence-corrected chi connectivity index (χ2v) is 6.29. The zero-order chi connectivity index (χ0) is 21.5. The van der Waals surface area contributed by atoms with Crippen LogP contribution >= 0.6 is 0 Å². The summed E-state index contributed by atoms with van der Waals surface area (Å²) in [5.41, 5.74) is 1.43. The molecule has 0 saturated carbocycles. The fourth-order valence-electron chi connectivity index (χ4n) is 2.78. The normalized spacial score (nSPS) is 10.2. The predicted molar refractivity (Wildman–Crippen MR) is 113 cm³/mol. The summed E-state index contributed by atoms with van der Waals surface area (Å²) in [6.45, 7) is 2.43. The van der Waals surface area contributed by atoms with Crippen LogP contribution in [0.2, 0.25) is 0 Å². The molecule has 0 aliphatic carbocycles. The summed E-state index contributed by atoms with van der Waals surface area (Å²) in [6, 6.07) is 17.0. The van der Waals surface area contributed by atoms with E-state index in [4.69, 9.17) is 9.47 Å². The van der Waals surface area contributed by atoms with Gasteiger partial charge in [-0.2, -0.15) is 0 Å². The van der Waals surface area contributed by atoms with Crippen LogP contribution in [0.4, 0.5) is 15.8 Å². The van der Waals surface area contributed by atoms with Gasteiger partial charge in [-0.05, 0) is 67.6 Å². The molecule has 0 aliphatic heterocycles. The minimum atomic E-state index is -0.508. The molecule has 0 unspecified atom stereocenters. The van der Waals surface area contributed by atoms with Gasteiger partial charge in [0.15, 0.2) is 0 Å². The highest BCUT2D eigenvalue weighted by Crippen LogP contribution is 2.29. The van der Waals surface area contributed by atoms with E-state index in [0.717, 1.165) is 6.07 Å². The molecule has 3 aromatic carbocycles. The molecule has 2 amide bonds. The average Bonchev–Trinajstić information content (AvgIpc) is 2.74. The third-order valence-corrected chi connectivity index (χ3v) is 4.22. The Labute approximate surface area is 173 Å². The van der Waals surface area contributed by atoms with Crippen molar-refractivity contribution < 1.29 is 23.5 Å². The lowest BCUT2D eigenvalue weighted by Gasteiger charge is -2.13. The molecule has 0 spiro atoms. The lowest BCUT2D eigenvalue weighted by atomic mass is 10.1. The maximum Gasteiger partial charge on any atom is 0.255 e. The van der Waals surface area contributed by atoms with Crippen LogP contribution in [0, 0.1) is 5.82 Å². The number of methoxy groups -OCH3 is 1. The van der Waals surface area contributed by atoms with Crippen LogP contribution in [0.15, 0.2) is 66.7 Å². The Morgan fingerprint density at radius 3 is 2.30 bits per heavy atom. The number of halogens is 1. The summed E-state index contributed by atoms with van der Waals surface area (Å²) >= 11 is 0. The standard InChI is InChI=1S/C23H21FN2O4/c1-3-30-19-10-7-15(8-11-19)22(27)25-18-9-12-21(29-2)20(14-18)26-23(28)16-5-4-6-17(24)13-16/h4-14H,3H2,1-2H3,(H,25,27)(H,26,28). The molecule has 0 aromatic heterocycles. The van der Waals surface area contributed by atoms with Crippen molar-refractivity contribution in [3.63, 3.8) is 0 Å². The van der Waals surface area contributed by atoms with Crippen LogP contribution in [0.5, 0.6) is 11.5 Å². The number of anilines is 2. The highest BCUT2D eigenvalue weighted by Gasteiger charge is 2.13. The highest BCUT2D eigenvalue weighted by atomic mass is 19.1. The molecule has 154 valence electrons. The topological polar surface area (TPSA) is 76.7 Å². The molecule has 0 atom stereocenters. The molecule has 2 N–H and O–H groups in total. The molecule has 3 aromatic rings. The van der Waals surface area contributed by atoms with Crippen molar-refractivity contribution in [1.82, 2.24) is 0 Å². The van der Waals surface area contributed by atoms with Gasteiger partial charge in [-0.25, -0.2) is 4.39 Å². The molecule has 0 saturated heterocycles. The number of hydrogen-bond acceptors (Lipinski definition) is 4. The maximum absolute atomic E-state index is 13.4. The third kappa shape index (κ3) is 5.14. The number of benzene rings is 3. The van der Waals surface area contributed by atoms with Crippen molar-refractivity contribution in [2.24, 2.45) is 0 Å².